The van der Waals surface area contributed by atoms with Crippen molar-refractivity contribution in [2.24, 2.45) is 0 Å². The molecule has 1 aromatic carbocycles. The number of nitrogens with one attached hydrogen (secondary N) is 2. The summed E-state index contributed by atoms with van der Waals surface area (Å²) in [5, 5.41) is 6.14. The van der Waals surface area contributed by atoms with Crippen molar-refractivity contribution >= 4 is 29.2 Å². The maximum atomic E-state index is 13.3. The van der Waals surface area contributed by atoms with Crippen molar-refractivity contribution < 1.29 is 18.7 Å². The number of amides is 2. The molecular formula is C26H32ClFN4O3. The number of fused-ring (bicyclic) bond motifs is 2. The average Bonchev–Trinajstić information content (AvgIpc) is 3.05. The van der Waals surface area contributed by atoms with E-state index in [4.69, 9.17) is 16.3 Å². The molecule has 2 aromatic rings. The Kier molecular flexibility index (Phi) is 7.22. The van der Waals surface area contributed by atoms with Gasteiger partial charge in [0.2, 0.25) is 0 Å². The molecule has 188 valence electrons. The Morgan fingerprint density at radius 1 is 1.17 bits per heavy atom. The van der Waals surface area contributed by atoms with Crippen LogP contribution in [0.1, 0.15) is 63.7 Å². The number of nitrogens with zero attached hydrogens (tertiary/aromatic N) is 2. The number of benzene rings is 1. The lowest BCUT2D eigenvalue weighted by Crippen LogP contribution is -2.55. The van der Waals surface area contributed by atoms with E-state index in [0.29, 0.717) is 5.56 Å². The molecule has 0 radical (unpaired) electrons. The van der Waals surface area contributed by atoms with E-state index in [1.807, 2.05) is 26.0 Å². The lowest BCUT2D eigenvalue weighted by Gasteiger charge is -2.40. The van der Waals surface area contributed by atoms with Crippen LogP contribution in [-0.4, -0.2) is 46.6 Å². The molecule has 2 bridgehead atoms. The summed E-state index contributed by atoms with van der Waals surface area (Å²) in [6, 6.07) is 8.16. The van der Waals surface area contributed by atoms with E-state index < -0.39 is 11.4 Å². The first-order valence-electron chi connectivity index (χ1n) is 12.0. The van der Waals surface area contributed by atoms with Gasteiger partial charge in [-0.3, -0.25) is 9.59 Å². The second-order valence-electron chi connectivity index (χ2n) is 10.2. The molecule has 3 heterocycles. The third-order valence-electron chi connectivity index (χ3n) is 6.57. The van der Waals surface area contributed by atoms with Crippen LogP contribution in [0.5, 0.6) is 5.75 Å². The van der Waals surface area contributed by atoms with Gasteiger partial charge in [-0.05, 0) is 83.7 Å². The van der Waals surface area contributed by atoms with E-state index >= 15 is 0 Å². The molecule has 7 nitrogen and oxygen atoms in total. The lowest BCUT2D eigenvalue weighted by molar-refractivity contribution is -0.135. The largest absolute Gasteiger partial charge is 0.476 e. The van der Waals surface area contributed by atoms with Crippen LogP contribution in [0.25, 0.3) is 0 Å². The minimum atomic E-state index is -1.18. The SMILES string of the molecule is CC(C)NC(=O)c1ccc(N2[C@@H]3CC[C@H]2C[C@@H](NC(=O)C(C)(C)Oc2ccc(F)cc2Cl)C3)nc1. The molecule has 2 saturated heterocycles. The standard InChI is InChI=1S/C26H32ClFN4O3/c1-15(2)30-24(33)16-5-10-23(29-14-16)32-19-7-8-20(32)13-18(12-19)31-25(34)26(3,4)35-22-9-6-17(28)11-21(22)27/h5-6,9-11,14-15,18-20H,7-8,12-13H2,1-4H3,(H,30,33)(H,31,34)/t18-,19+,20-. The molecule has 0 spiro atoms. The zero-order chi connectivity index (χ0) is 25.3. The molecule has 0 aliphatic carbocycles. The van der Waals surface area contributed by atoms with Gasteiger partial charge in [-0.2, -0.15) is 0 Å². The van der Waals surface area contributed by atoms with Gasteiger partial charge >= 0.3 is 0 Å². The molecule has 3 atom stereocenters. The number of ether oxygens (including phenoxy) is 1. The van der Waals surface area contributed by atoms with Crippen LogP contribution < -0.4 is 20.3 Å². The summed E-state index contributed by atoms with van der Waals surface area (Å²) in [4.78, 5) is 32.2. The van der Waals surface area contributed by atoms with Gasteiger partial charge in [-0.1, -0.05) is 11.6 Å². The molecular weight excluding hydrogens is 471 g/mol. The van der Waals surface area contributed by atoms with Crippen LogP contribution in [0.3, 0.4) is 0 Å². The summed E-state index contributed by atoms with van der Waals surface area (Å²) in [6.45, 7) is 7.19. The molecule has 2 fully saturated rings. The quantitative estimate of drug-likeness (QED) is 0.583. The summed E-state index contributed by atoms with van der Waals surface area (Å²) in [7, 11) is 0. The first kappa shape index (κ1) is 25.2. The van der Waals surface area contributed by atoms with Crippen LogP contribution in [0, 0.1) is 5.82 Å². The molecule has 2 N–H and O–H groups in total. The summed E-state index contributed by atoms with van der Waals surface area (Å²) in [6.07, 6.45) is 5.28. The number of aromatic nitrogens is 1. The Morgan fingerprint density at radius 3 is 2.43 bits per heavy atom. The topological polar surface area (TPSA) is 83.6 Å². The highest BCUT2D eigenvalue weighted by Crippen LogP contribution is 2.39. The maximum Gasteiger partial charge on any atom is 0.263 e. The Hall–Kier alpha value is -2.87. The molecule has 1 aromatic heterocycles. The van der Waals surface area contributed by atoms with Gasteiger partial charge in [-0.15, -0.1) is 0 Å². The third kappa shape index (κ3) is 5.69. The van der Waals surface area contributed by atoms with Gasteiger partial charge in [0.05, 0.1) is 10.6 Å². The van der Waals surface area contributed by atoms with Gasteiger partial charge in [0.1, 0.15) is 17.4 Å². The van der Waals surface area contributed by atoms with Crippen molar-refractivity contribution in [3.63, 3.8) is 0 Å². The van der Waals surface area contributed by atoms with E-state index in [1.165, 1.54) is 12.1 Å². The van der Waals surface area contributed by atoms with E-state index in [1.54, 1.807) is 20.0 Å². The van der Waals surface area contributed by atoms with Crippen molar-refractivity contribution in [3.8, 4) is 5.75 Å². The van der Waals surface area contributed by atoms with Crippen LogP contribution in [0.15, 0.2) is 36.5 Å². The summed E-state index contributed by atoms with van der Waals surface area (Å²) in [5.41, 5.74) is -0.633. The van der Waals surface area contributed by atoms with Crippen LogP contribution >= 0.6 is 11.6 Å². The van der Waals surface area contributed by atoms with Gasteiger partial charge in [0, 0.05) is 30.4 Å². The number of piperidine rings is 1. The number of halogens is 2. The van der Waals surface area contributed by atoms with Crippen molar-refractivity contribution in [1.82, 2.24) is 15.6 Å². The lowest BCUT2D eigenvalue weighted by atomic mass is 9.96. The molecule has 9 heteroatoms. The second-order valence-corrected chi connectivity index (χ2v) is 10.6. The summed E-state index contributed by atoms with van der Waals surface area (Å²) < 4.78 is 19.2. The number of hydrogen-bond donors (Lipinski definition) is 2. The predicted molar refractivity (Wildman–Crippen MR) is 133 cm³/mol. The minimum absolute atomic E-state index is 0.0129. The van der Waals surface area contributed by atoms with E-state index in [-0.39, 0.29) is 46.8 Å². The molecule has 4 rings (SSSR count). The highest BCUT2D eigenvalue weighted by molar-refractivity contribution is 6.32. The Morgan fingerprint density at radius 2 is 1.86 bits per heavy atom. The summed E-state index contributed by atoms with van der Waals surface area (Å²) in [5.74, 6) is 0.289. The monoisotopic (exact) mass is 502 g/mol. The molecule has 0 saturated carbocycles. The smallest absolute Gasteiger partial charge is 0.263 e. The van der Waals surface area contributed by atoms with Crippen molar-refractivity contribution in [2.45, 2.75) is 83.1 Å². The zero-order valence-corrected chi connectivity index (χ0v) is 21.2. The number of hydrogen-bond acceptors (Lipinski definition) is 5. The van der Waals surface area contributed by atoms with Crippen LogP contribution in [-0.2, 0) is 4.79 Å². The fraction of sp³-hybridized carbons (Fsp3) is 0.500. The van der Waals surface area contributed by atoms with Crippen LogP contribution in [0.4, 0.5) is 10.2 Å². The predicted octanol–water partition coefficient (Wildman–Crippen LogP) is 4.49. The fourth-order valence-electron chi connectivity index (χ4n) is 4.93. The second kappa shape index (κ2) is 10.0. The maximum absolute atomic E-state index is 13.3. The van der Waals surface area contributed by atoms with Crippen molar-refractivity contribution in [2.75, 3.05) is 4.90 Å². The Bertz CT molecular complexity index is 1080. The average molecular weight is 503 g/mol. The highest BCUT2D eigenvalue weighted by Gasteiger charge is 2.43. The molecule has 2 amide bonds. The van der Waals surface area contributed by atoms with E-state index in [2.05, 4.69) is 20.5 Å². The number of carbonyl (C=O) groups excluding carboxylic acids is 2. The van der Waals surface area contributed by atoms with Gasteiger partial charge in [-0.25, -0.2) is 9.37 Å². The van der Waals surface area contributed by atoms with Crippen LogP contribution in [0.2, 0.25) is 5.02 Å². The molecule has 0 unspecified atom stereocenters. The minimum Gasteiger partial charge on any atom is -0.476 e. The first-order valence-corrected chi connectivity index (χ1v) is 12.4. The summed E-state index contributed by atoms with van der Waals surface area (Å²) >= 11 is 6.07. The van der Waals surface area contributed by atoms with Gasteiger partial charge in [0.25, 0.3) is 11.8 Å². The number of pyridine rings is 1. The normalized spacial score (nSPS) is 21.7. The number of carbonyl (C=O) groups is 2. The van der Waals surface area contributed by atoms with Crippen molar-refractivity contribution in [3.05, 3.63) is 52.9 Å². The molecule has 35 heavy (non-hydrogen) atoms. The fourth-order valence-corrected chi connectivity index (χ4v) is 5.13. The molecule has 2 aliphatic rings. The highest BCUT2D eigenvalue weighted by atomic mass is 35.5. The Labute approximate surface area is 210 Å². The van der Waals surface area contributed by atoms with Gasteiger partial charge < -0.3 is 20.3 Å². The first-order chi connectivity index (χ1) is 16.5. The van der Waals surface area contributed by atoms with Gasteiger partial charge in [0.15, 0.2) is 5.60 Å². The third-order valence-corrected chi connectivity index (χ3v) is 6.86. The Balaban J connectivity index is 1.38. The van der Waals surface area contributed by atoms with Crippen molar-refractivity contribution in [1.29, 1.82) is 0 Å². The number of anilines is 1. The molecule has 2 aliphatic heterocycles. The van der Waals surface area contributed by atoms with E-state index in [0.717, 1.165) is 37.6 Å². The van der Waals surface area contributed by atoms with E-state index in [9.17, 15) is 14.0 Å². The zero-order valence-electron chi connectivity index (χ0n) is 20.5. The number of rotatable bonds is 7.